The van der Waals surface area contributed by atoms with Gasteiger partial charge in [0.05, 0.1) is 5.75 Å². The van der Waals surface area contributed by atoms with Crippen LogP contribution in [0, 0.1) is 19.3 Å². The first kappa shape index (κ1) is 31.3. The molecular formula is C30H43NO6S. The van der Waals surface area contributed by atoms with E-state index in [0.717, 1.165) is 51.8 Å². The minimum Gasteiger partial charge on any atom is -0.486 e. The molecule has 8 heteroatoms. The first-order chi connectivity index (χ1) is 17.5. The molecule has 2 rings (SSSR count). The van der Waals surface area contributed by atoms with Crippen LogP contribution in [0.25, 0.3) is 0 Å². The van der Waals surface area contributed by atoms with Gasteiger partial charge in [0.15, 0.2) is 5.78 Å². The number of benzene rings is 2. The summed E-state index contributed by atoms with van der Waals surface area (Å²) < 4.78 is 28.9. The molecule has 210 valence electrons. The van der Waals surface area contributed by atoms with Crippen molar-refractivity contribution < 1.29 is 27.9 Å². The molecule has 0 spiro atoms. The van der Waals surface area contributed by atoms with Gasteiger partial charge in [0.25, 0.3) is 0 Å². The number of ether oxygens (including phenoxy) is 1. The zero-order valence-corrected chi connectivity index (χ0v) is 24.9. The van der Waals surface area contributed by atoms with Crippen molar-refractivity contribution in [3.63, 3.8) is 0 Å². The number of carbonyl (C=O) groups excluding carboxylic acids is 1. The fourth-order valence-corrected chi connectivity index (χ4v) is 5.15. The van der Waals surface area contributed by atoms with E-state index >= 15 is 0 Å². The van der Waals surface area contributed by atoms with Crippen LogP contribution in [0.4, 0.5) is 4.79 Å². The van der Waals surface area contributed by atoms with Crippen molar-refractivity contribution in [1.82, 2.24) is 4.90 Å². The highest BCUT2D eigenvalue weighted by atomic mass is 32.2. The molecule has 0 saturated carbocycles. The second-order valence-corrected chi connectivity index (χ2v) is 13.5. The van der Waals surface area contributed by atoms with Crippen LogP contribution in [0.15, 0.2) is 36.4 Å². The lowest BCUT2D eigenvalue weighted by Crippen LogP contribution is -2.33. The average Bonchev–Trinajstić information content (AvgIpc) is 2.81. The van der Waals surface area contributed by atoms with Crippen molar-refractivity contribution in [2.45, 2.75) is 73.3 Å². The van der Waals surface area contributed by atoms with Crippen molar-refractivity contribution in [2.24, 2.45) is 5.41 Å². The quantitative estimate of drug-likeness (QED) is 0.355. The predicted molar refractivity (Wildman–Crippen MR) is 152 cm³/mol. The molecule has 1 amide bonds. The number of Topliss-reactive ketones (excluding diaryl/α,β-unsaturated/α-hetero) is 1. The summed E-state index contributed by atoms with van der Waals surface area (Å²) >= 11 is 0. The van der Waals surface area contributed by atoms with E-state index in [2.05, 4.69) is 32.0 Å². The first-order valence-electron chi connectivity index (χ1n) is 13.1. The summed E-state index contributed by atoms with van der Waals surface area (Å²) in [4.78, 5) is 25.2. The van der Waals surface area contributed by atoms with Gasteiger partial charge in [0, 0.05) is 30.2 Å². The lowest BCUT2D eigenvalue weighted by Gasteiger charge is -2.34. The molecule has 1 N–H and O–H groups in total. The van der Waals surface area contributed by atoms with Crippen LogP contribution >= 0.6 is 0 Å². The summed E-state index contributed by atoms with van der Waals surface area (Å²) in [5.41, 5.74) is 4.35. The third-order valence-corrected chi connectivity index (χ3v) is 8.31. The van der Waals surface area contributed by atoms with E-state index in [1.807, 2.05) is 52.8 Å². The molecule has 2 aromatic carbocycles. The van der Waals surface area contributed by atoms with E-state index in [1.165, 1.54) is 0 Å². The molecule has 0 aliphatic rings. The number of hydrogen-bond acceptors (Lipinski definition) is 5. The Morgan fingerprint density at radius 2 is 1.50 bits per heavy atom. The summed E-state index contributed by atoms with van der Waals surface area (Å²) in [6.07, 6.45) is 1.68. The molecule has 38 heavy (non-hydrogen) atoms. The third-order valence-electron chi connectivity index (χ3n) is 7.39. The average molecular weight is 546 g/mol. The van der Waals surface area contributed by atoms with E-state index in [-0.39, 0.29) is 36.6 Å². The number of rotatable bonds is 12. The number of aryl methyl sites for hydroxylation is 2. The number of sulfone groups is 1. The molecule has 2 aromatic rings. The van der Waals surface area contributed by atoms with Crippen LogP contribution < -0.4 is 4.74 Å². The SMILES string of the molecule is CCC(CC)(c1ccc(CN(CCS(C)(=O)=O)C(=O)O)c(C)c1)c1ccc(OCC(=O)C(C)(C)C)c(C)c1. The summed E-state index contributed by atoms with van der Waals surface area (Å²) in [7, 11) is -3.27. The number of nitrogens with zero attached hydrogens (tertiary/aromatic N) is 1. The molecular weight excluding hydrogens is 502 g/mol. The van der Waals surface area contributed by atoms with Gasteiger partial charge in [-0.3, -0.25) is 4.79 Å². The van der Waals surface area contributed by atoms with Crippen molar-refractivity contribution in [1.29, 1.82) is 0 Å². The Bertz CT molecular complexity index is 1260. The minimum atomic E-state index is -3.27. The van der Waals surface area contributed by atoms with Crippen LogP contribution in [0.1, 0.15) is 75.3 Å². The van der Waals surface area contributed by atoms with Crippen LogP contribution in [0.2, 0.25) is 0 Å². The maximum absolute atomic E-state index is 12.3. The molecule has 0 aromatic heterocycles. The Morgan fingerprint density at radius 1 is 0.947 bits per heavy atom. The monoisotopic (exact) mass is 545 g/mol. The number of hydrogen-bond donors (Lipinski definition) is 1. The Hall–Kier alpha value is -2.87. The number of ketones is 1. The molecule has 7 nitrogen and oxygen atoms in total. The second-order valence-electron chi connectivity index (χ2n) is 11.2. The van der Waals surface area contributed by atoms with E-state index < -0.39 is 21.3 Å². The van der Waals surface area contributed by atoms with Crippen LogP contribution in [0.3, 0.4) is 0 Å². The number of carboxylic acid groups (broad SMARTS) is 1. The molecule has 0 fully saturated rings. The summed E-state index contributed by atoms with van der Waals surface area (Å²) in [5.74, 6) is 0.530. The molecule has 0 heterocycles. The number of amides is 1. The van der Waals surface area contributed by atoms with Gasteiger partial charge in [-0.1, -0.05) is 65.0 Å². The number of carbonyl (C=O) groups is 2. The summed E-state index contributed by atoms with van der Waals surface area (Å²) in [6, 6.07) is 12.2. The molecule has 0 unspecified atom stereocenters. The highest BCUT2D eigenvalue weighted by Gasteiger charge is 2.32. The lowest BCUT2D eigenvalue weighted by molar-refractivity contribution is -0.128. The highest BCUT2D eigenvalue weighted by Crippen LogP contribution is 2.41. The summed E-state index contributed by atoms with van der Waals surface area (Å²) in [5, 5.41) is 9.59. The van der Waals surface area contributed by atoms with Crippen molar-refractivity contribution >= 4 is 21.7 Å². The molecule has 0 bridgehead atoms. The molecule has 0 aliphatic carbocycles. The van der Waals surface area contributed by atoms with Gasteiger partial charge in [-0.2, -0.15) is 0 Å². The maximum Gasteiger partial charge on any atom is 0.407 e. The Kier molecular flexibility index (Phi) is 10.2. The van der Waals surface area contributed by atoms with Crippen LogP contribution in [-0.4, -0.2) is 55.5 Å². The Balaban J connectivity index is 2.35. The Morgan fingerprint density at radius 3 is 1.95 bits per heavy atom. The lowest BCUT2D eigenvalue weighted by atomic mass is 9.70. The predicted octanol–water partition coefficient (Wildman–Crippen LogP) is 5.93. The van der Waals surface area contributed by atoms with Gasteiger partial charge >= 0.3 is 6.09 Å². The van der Waals surface area contributed by atoms with Gasteiger partial charge in [0.2, 0.25) is 0 Å². The third kappa shape index (κ3) is 7.82. The van der Waals surface area contributed by atoms with E-state index in [9.17, 15) is 23.1 Å². The topological polar surface area (TPSA) is 101 Å². The van der Waals surface area contributed by atoms with Crippen LogP contribution in [0.5, 0.6) is 5.75 Å². The smallest absolute Gasteiger partial charge is 0.407 e. The van der Waals surface area contributed by atoms with Gasteiger partial charge in [0.1, 0.15) is 22.2 Å². The highest BCUT2D eigenvalue weighted by molar-refractivity contribution is 7.90. The second kappa shape index (κ2) is 12.3. The largest absolute Gasteiger partial charge is 0.486 e. The standard InChI is InChI=1S/C30H43NO6S/c1-9-30(10-2,25-13-14-26(22(4)18-25)37-20-27(32)29(5,6)7)24-12-11-23(21(3)17-24)19-31(28(33)34)15-16-38(8,35)36/h11-14,17-18H,9-10,15-16,19-20H2,1-8H3,(H,33,34). The zero-order chi connectivity index (χ0) is 28.9. The van der Waals surface area contributed by atoms with Crippen LogP contribution in [-0.2, 0) is 26.6 Å². The van der Waals surface area contributed by atoms with Crippen molar-refractivity contribution in [2.75, 3.05) is 25.2 Å². The Labute approximate surface area is 228 Å². The van der Waals surface area contributed by atoms with Gasteiger partial charge < -0.3 is 14.7 Å². The fraction of sp³-hybridized carbons (Fsp3) is 0.533. The van der Waals surface area contributed by atoms with Crippen molar-refractivity contribution in [3.05, 3.63) is 64.2 Å². The van der Waals surface area contributed by atoms with Crippen molar-refractivity contribution in [3.8, 4) is 5.75 Å². The normalized spacial score (nSPS) is 12.3. The fourth-order valence-electron chi connectivity index (χ4n) is 4.60. The van der Waals surface area contributed by atoms with E-state index in [1.54, 1.807) is 0 Å². The van der Waals surface area contributed by atoms with Gasteiger partial charge in [-0.25, -0.2) is 13.2 Å². The minimum absolute atomic E-state index is 0.0363. The molecule has 0 aliphatic heterocycles. The van der Waals surface area contributed by atoms with Gasteiger partial charge in [-0.15, -0.1) is 0 Å². The molecule has 0 atom stereocenters. The zero-order valence-electron chi connectivity index (χ0n) is 24.1. The van der Waals surface area contributed by atoms with Gasteiger partial charge in [-0.05, 0) is 60.6 Å². The first-order valence-corrected chi connectivity index (χ1v) is 15.1. The van der Waals surface area contributed by atoms with E-state index in [4.69, 9.17) is 4.74 Å². The molecule has 0 radical (unpaired) electrons. The van der Waals surface area contributed by atoms with E-state index in [0.29, 0.717) is 5.75 Å². The maximum atomic E-state index is 12.3. The molecule has 0 saturated heterocycles. The summed E-state index contributed by atoms with van der Waals surface area (Å²) in [6.45, 7) is 14.0.